The predicted molar refractivity (Wildman–Crippen MR) is 57.3 cm³/mol. The number of phenolic OH excluding ortho intramolecular Hbond substituents is 1. The smallest absolute Gasteiger partial charge is 0.166 e. The van der Waals surface area contributed by atoms with E-state index >= 15 is 0 Å². The number of Topliss-reactive ketones (excluding diaryl/α,β-unsaturated/α-hetero) is 1. The highest BCUT2D eigenvalue weighted by molar-refractivity contribution is 9.10. The van der Waals surface area contributed by atoms with Gasteiger partial charge in [-0.15, -0.1) is 0 Å². The van der Waals surface area contributed by atoms with Gasteiger partial charge in [0.25, 0.3) is 0 Å². The molecule has 0 unspecified atom stereocenters. The molecule has 0 bridgehead atoms. The molecule has 1 saturated carbocycles. The van der Waals surface area contributed by atoms with Crippen LogP contribution in [-0.4, -0.2) is 10.9 Å². The first-order valence-corrected chi connectivity index (χ1v) is 5.39. The summed E-state index contributed by atoms with van der Waals surface area (Å²) in [4.78, 5) is 11.0. The minimum absolute atomic E-state index is 0.0347. The lowest BCUT2D eigenvalue weighted by molar-refractivity contribution is -0.126. The van der Waals surface area contributed by atoms with Crippen LogP contribution in [0.15, 0.2) is 16.6 Å². The molecular weight excluding hydrogens is 277 g/mol. The molecule has 0 aromatic heterocycles. The van der Waals surface area contributed by atoms with E-state index in [2.05, 4.69) is 15.9 Å². The van der Waals surface area contributed by atoms with Crippen molar-refractivity contribution in [1.82, 2.24) is 0 Å². The standard InChI is InChI=1S/C11H7BrFNO2/c12-6-1-8(10(16)9(13)2-6)11(5-14)3-7(15)4-11/h1-2,16H,3-4H2. The molecule has 5 heteroatoms. The van der Waals surface area contributed by atoms with E-state index in [4.69, 9.17) is 5.26 Å². The number of phenols is 1. The predicted octanol–water partition coefficient (Wildman–Crippen LogP) is 2.42. The molecular formula is C11H7BrFNO2. The van der Waals surface area contributed by atoms with Crippen LogP contribution in [0, 0.1) is 17.1 Å². The maximum absolute atomic E-state index is 13.3. The van der Waals surface area contributed by atoms with Gasteiger partial charge >= 0.3 is 0 Å². The third-order valence-electron chi connectivity index (χ3n) is 2.76. The van der Waals surface area contributed by atoms with Gasteiger partial charge in [-0.2, -0.15) is 5.26 Å². The highest BCUT2D eigenvalue weighted by atomic mass is 79.9. The van der Waals surface area contributed by atoms with Crippen molar-refractivity contribution in [2.75, 3.05) is 0 Å². The normalized spacial score (nSPS) is 17.7. The molecule has 3 nitrogen and oxygen atoms in total. The van der Waals surface area contributed by atoms with Gasteiger partial charge in [0.05, 0.1) is 11.5 Å². The summed E-state index contributed by atoms with van der Waals surface area (Å²) in [5, 5.41) is 18.6. The number of ketones is 1. The van der Waals surface area contributed by atoms with E-state index in [9.17, 15) is 14.3 Å². The fourth-order valence-electron chi connectivity index (χ4n) is 1.88. The lowest BCUT2D eigenvalue weighted by Gasteiger charge is -2.34. The summed E-state index contributed by atoms with van der Waals surface area (Å²) in [5.41, 5.74) is -0.882. The highest BCUT2D eigenvalue weighted by Crippen LogP contribution is 2.45. The summed E-state index contributed by atoms with van der Waals surface area (Å²) in [5.74, 6) is -1.39. The Balaban J connectivity index is 2.56. The van der Waals surface area contributed by atoms with Crippen LogP contribution in [0.5, 0.6) is 5.75 Å². The van der Waals surface area contributed by atoms with Gasteiger partial charge in [-0.3, -0.25) is 4.79 Å². The zero-order valence-corrected chi connectivity index (χ0v) is 9.71. The SMILES string of the molecule is N#CC1(c2cc(Br)cc(F)c2O)CC(=O)C1. The number of hydrogen-bond acceptors (Lipinski definition) is 3. The van der Waals surface area contributed by atoms with Crippen molar-refractivity contribution < 1.29 is 14.3 Å². The third kappa shape index (κ3) is 1.50. The Labute approximate surface area is 99.6 Å². The Hall–Kier alpha value is -1.41. The molecule has 0 heterocycles. The number of benzene rings is 1. The van der Waals surface area contributed by atoms with Crippen molar-refractivity contribution in [1.29, 1.82) is 5.26 Å². The van der Waals surface area contributed by atoms with Crippen molar-refractivity contribution in [2.45, 2.75) is 18.3 Å². The molecule has 0 atom stereocenters. The molecule has 82 valence electrons. The first-order valence-electron chi connectivity index (χ1n) is 4.60. The Morgan fingerprint density at radius 2 is 2.12 bits per heavy atom. The molecule has 0 spiro atoms. The van der Waals surface area contributed by atoms with Gasteiger partial charge in [-0.25, -0.2) is 4.39 Å². The average Bonchev–Trinajstić information content (AvgIpc) is 2.18. The van der Waals surface area contributed by atoms with Gasteiger partial charge in [0.1, 0.15) is 5.78 Å². The van der Waals surface area contributed by atoms with E-state index in [-0.39, 0.29) is 24.2 Å². The molecule has 0 saturated heterocycles. The Morgan fingerprint density at radius 1 is 1.50 bits per heavy atom. The lowest BCUT2D eigenvalue weighted by atomic mass is 9.64. The molecule has 0 radical (unpaired) electrons. The zero-order chi connectivity index (χ0) is 11.9. The van der Waals surface area contributed by atoms with Crippen LogP contribution >= 0.6 is 15.9 Å². The first-order chi connectivity index (χ1) is 7.48. The fraction of sp³-hybridized carbons (Fsp3) is 0.273. The summed E-state index contributed by atoms with van der Waals surface area (Å²) < 4.78 is 13.7. The van der Waals surface area contributed by atoms with Crippen molar-refractivity contribution in [3.63, 3.8) is 0 Å². The van der Waals surface area contributed by atoms with E-state index in [0.717, 1.165) is 6.07 Å². The molecule has 1 N–H and O–H groups in total. The topological polar surface area (TPSA) is 61.1 Å². The van der Waals surface area contributed by atoms with E-state index < -0.39 is 17.0 Å². The molecule has 1 aromatic carbocycles. The molecule has 1 fully saturated rings. The van der Waals surface area contributed by atoms with Gasteiger partial charge in [0, 0.05) is 22.9 Å². The van der Waals surface area contributed by atoms with Gasteiger partial charge < -0.3 is 5.11 Å². The second-order valence-corrected chi connectivity index (χ2v) is 4.79. The summed E-state index contributed by atoms with van der Waals surface area (Å²) >= 11 is 3.09. The van der Waals surface area contributed by atoms with Crippen LogP contribution in [0.3, 0.4) is 0 Å². The number of halogens is 2. The van der Waals surface area contributed by atoms with Crippen LogP contribution in [0.2, 0.25) is 0 Å². The van der Waals surface area contributed by atoms with E-state index in [1.54, 1.807) is 0 Å². The Kier molecular flexibility index (Phi) is 2.47. The fourth-order valence-corrected chi connectivity index (χ4v) is 2.31. The summed E-state index contributed by atoms with van der Waals surface area (Å²) in [6.07, 6.45) is 0.0694. The minimum atomic E-state index is -1.06. The van der Waals surface area contributed by atoms with Crippen LogP contribution < -0.4 is 0 Å². The van der Waals surface area contributed by atoms with Crippen LogP contribution in [0.1, 0.15) is 18.4 Å². The van der Waals surface area contributed by atoms with E-state index in [1.807, 2.05) is 6.07 Å². The largest absolute Gasteiger partial charge is 0.505 e. The maximum Gasteiger partial charge on any atom is 0.166 e. The lowest BCUT2D eigenvalue weighted by Crippen LogP contribution is -2.40. The number of nitrogens with zero attached hydrogens (tertiary/aromatic N) is 1. The molecule has 2 rings (SSSR count). The number of nitriles is 1. The Bertz CT molecular complexity index is 513. The van der Waals surface area contributed by atoms with Gasteiger partial charge in [-0.05, 0) is 12.1 Å². The van der Waals surface area contributed by atoms with Crippen LogP contribution in [0.4, 0.5) is 4.39 Å². The van der Waals surface area contributed by atoms with Gasteiger partial charge in [0.2, 0.25) is 0 Å². The average molecular weight is 284 g/mol. The van der Waals surface area contributed by atoms with Crippen molar-refractivity contribution in [3.05, 3.63) is 28.0 Å². The van der Waals surface area contributed by atoms with Crippen molar-refractivity contribution in [3.8, 4) is 11.8 Å². The van der Waals surface area contributed by atoms with Crippen molar-refractivity contribution in [2.24, 2.45) is 0 Å². The minimum Gasteiger partial charge on any atom is -0.505 e. The van der Waals surface area contributed by atoms with Crippen molar-refractivity contribution >= 4 is 21.7 Å². The van der Waals surface area contributed by atoms with Crippen LogP contribution in [-0.2, 0) is 10.2 Å². The number of rotatable bonds is 1. The zero-order valence-electron chi connectivity index (χ0n) is 8.13. The monoisotopic (exact) mass is 283 g/mol. The number of aromatic hydroxyl groups is 1. The Morgan fingerprint density at radius 3 is 2.62 bits per heavy atom. The van der Waals surface area contributed by atoms with E-state index in [1.165, 1.54) is 6.07 Å². The highest BCUT2D eigenvalue weighted by Gasteiger charge is 2.47. The van der Waals surface area contributed by atoms with E-state index in [0.29, 0.717) is 4.47 Å². The molecule has 16 heavy (non-hydrogen) atoms. The molecule has 1 aromatic rings. The molecule has 0 aliphatic heterocycles. The second kappa shape index (κ2) is 3.56. The van der Waals surface area contributed by atoms with Gasteiger partial charge in [0.15, 0.2) is 11.6 Å². The molecule has 0 amide bonds. The molecule has 1 aliphatic carbocycles. The summed E-state index contributed by atoms with van der Waals surface area (Å²) in [7, 11) is 0. The number of hydrogen-bond donors (Lipinski definition) is 1. The number of carbonyl (C=O) groups is 1. The maximum atomic E-state index is 13.3. The first kappa shape index (κ1) is 11.1. The summed E-state index contributed by atoms with van der Waals surface area (Å²) in [6.45, 7) is 0. The number of carbonyl (C=O) groups excluding carboxylic acids is 1. The quantitative estimate of drug-likeness (QED) is 0.861. The summed E-state index contributed by atoms with van der Waals surface area (Å²) in [6, 6.07) is 4.58. The molecule has 1 aliphatic rings. The second-order valence-electron chi connectivity index (χ2n) is 3.87. The van der Waals surface area contributed by atoms with Crippen LogP contribution in [0.25, 0.3) is 0 Å². The third-order valence-corrected chi connectivity index (χ3v) is 3.21. The van der Waals surface area contributed by atoms with Gasteiger partial charge in [-0.1, -0.05) is 15.9 Å².